The lowest BCUT2D eigenvalue weighted by molar-refractivity contribution is 0.0954. The number of nitrogens with zero attached hydrogens (tertiary/aromatic N) is 2. The van der Waals surface area contributed by atoms with E-state index in [4.69, 9.17) is 0 Å². The van der Waals surface area contributed by atoms with Crippen LogP contribution in [0.4, 0.5) is 4.39 Å². The molecular formula is C23H17BrFN3O. The minimum absolute atomic E-state index is 0.234. The van der Waals surface area contributed by atoms with E-state index in [1.807, 2.05) is 42.6 Å². The molecule has 1 amide bonds. The maximum atomic E-state index is 13.4. The Hall–Kier alpha value is -3.25. The Kier molecular flexibility index (Phi) is 5.53. The van der Waals surface area contributed by atoms with Crippen molar-refractivity contribution in [1.29, 1.82) is 0 Å². The summed E-state index contributed by atoms with van der Waals surface area (Å²) in [6.45, 7) is 0.594. The summed E-state index contributed by atoms with van der Waals surface area (Å²) in [7, 11) is 0. The summed E-state index contributed by atoms with van der Waals surface area (Å²) in [6.07, 6.45) is 3.59. The van der Waals surface area contributed by atoms with E-state index < -0.39 is 0 Å². The van der Waals surface area contributed by atoms with Gasteiger partial charge in [-0.2, -0.15) is 5.10 Å². The lowest BCUT2D eigenvalue weighted by Crippen LogP contribution is -2.18. The van der Waals surface area contributed by atoms with Gasteiger partial charge in [0, 0.05) is 28.1 Å². The smallest absolute Gasteiger partial charge is 0.272 e. The van der Waals surface area contributed by atoms with E-state index >= 15 is 0 Å². The maximum Gasteiger partial charge on any atom is 0.272 e. The molecule has 0 radical (unpaired) electrons. The molecule has 0 unspecified atom stereocenters. The molecule has 1 aromatic heterocycles. The summed E-state index contributed by atoms with van der Waals surface area (Å²) in [6, 6.07) is 21.7. The van der Waals surface area contributed by atoms with Crippen molar-refractivity contribution >= 4 is 39.0 Å². The van der Waals surface area contributed by atoms with Gasteiger partial charge in [0.1, 0.15) is 5.82 Å². The fraction of sp³-hybridized carbons (Fsp3) is 0.0435. The first-order chi connectivity index (χ1) is 14.1. The molecule has 0 bridgehead atoms. The van der Waals surface area contributed by atoms with Crippen LogP contribution in [0, 0.1) is 5.82 Å². The van der Waals surface area contributed by atoms with E-state index in [1.165, 1.54) is 6.07 Å². The van der Waals surface area contributed by atoms with E-state index in [0.29, 0.717) is 16.6 Å². The van der Waals surface area contributed by atoms with Crippen LogP contribution in [0.25, 0.3) is 10.9 Å². The highest BCUT2D eigenvalue weighted by molar-refractivity contribution is 9.10. The van der Waals surface area contributed by atoms with Gasteiger partial charge in [-0.15, -0.1) is 0 Å². The molecule has 0 aliphatic carbocycles. The average molecular weight is 450 g/mol. The van der Waals surface area contributed by atoms with Crippen molar-refractivity contribution in [3.05, 3.63) is 106 Å². The summed E-state index contributed by atoms with van der Waals surface area (Å²) in [5.74, 6) is -0.516. The Balaban J connectivity index is 1.47. The van der Waals surface area contributed by atoms with Crippen LogP contribution in [0.1, 0.15) is 21.5 Å². The molecule has 4 rings (SSSR count). The third kappa shape index (κ3) is 4.43. The minimum atomic E-state index is -0.281. The van der Waals surface area contributed by atoms with Crippen molar-refractivity contribution in [2.24, 2.45) is 5.10 Å². The standard InChI is InChI=1S/C23H17BrFN3O/c24-21-7-2-1-6-20(21)23(29)27-26-14-16-8-9-22-18(12-16)10-11-28(22)15-17-4-3-5-19(25)13-17/h1-14H,15H2,(H,27,29)/b26-14+. The van der Waals surface area contributed by atoms with Crippen LogP contribution in [-0.2, 0) is 6.54 Å². The fourth-order valence-corrected chi connectivity index (χ4v) is 3.60. The first kappa shape index (κ1) is 19.1. The lowest BCUT2D eigenvalue weighted by Gasteiger charge is -2.06. The van der Waals surface area contributed by atoms with E-state index in [9.17, 15) is 9.18 Å². The average Bonchev–Trinajstić information content (AvgIpc) is 3.10. The number of amides is 1. The number of hydrazone groups is 1. The summed E-state index contributed by atoms with van der Waals surface area (Å²) in [4.78, 5) is 12.2. The highest BCUT2D eigenvalue weighted by Crippen LogP contribution is 2.19. The van der Waals surface area contributed by atoms with E-state index in [-0.39, 0.29) is 11.7 Å². The Morgan fingerprint density at radius 2 is 1.93 bits per heavy atom. The Bertz CT molecular complexity index is 1220. The highest BCUT2D eigenvalue weighted by Gasteiger charge is 2.07. The Labute approximate surface area is 175 Å². The fourth-order valence-electron chi connectivity index (χ4n) is 3.14. The monoisotopic (exact) mass is 449 g/mol. The van der Waals surface area contributed by atoms with Crippen LogP contribution in [0.5, 0.6) is 0 Å². The number of carbonyl (C=O) groups excluding carboxylic acids is 1. The van der Waals surface area contributed by atoms with Gasteiger partial charge in [0.25, 0.3) is 5.91 Å². The van der Waals surface area contributed by atoms with Crippen LogP contribution >= 0.6 is 15.9 Å². The first-order valence-electron chi connectivity index (χ1n) is 9.01. The third-order valence-corrected chi connectivity index (χ3v) is 5.23. The number of hydrogen-bond donors (Lipinski definition) is 1. The van der Waals surface area contributed by atoms with Crippen molar-refractivity contribution < 1.29 is 9.18 Å². The van der Waals surface area contributed by atoms with Gasteiger partial charge in [0.05, 0.1) is 11.8 Å². The second-order valence-electron chi connectivity index (χ2n) is 6.57. The number of benzene rings is 3. The molecule has 6 heteroatoms. The molecule has 0 aliphatic heterocycles. The molecule has 3 aromatic carbocycles. The zero-order valence-electron chi connectivity index (χ0n) is 15.3. The molecule has 0 fully saturated rings. The molecular weight excluding hydrogens is 433 g/mol. The summed E-state index contributed by atoms with van der Waals surface area (Å²) < 4.78 is 16.2. The summed E-state index contributed by atoms with van der Waals surface area (Å²) in [5, 5.41) is 5.10. The third-order valence-electron chi connectivity index (χ3n) is 4.54. The van der Waals surface area contributed by atoms with Gasteiger partial charge in [-0.1, -0.05) is 30.3 Å². The van der Waals surface area contributed by atoms with Crippen molar-refractivity contribution in [2.45, 2.75) is 6.54 Å². The largest absolute Gasteiger partial charge is 0.343 e. The number of hydrogen-bond acceptors (Lipinski definition) is 2. The highest BCUT2D eigenvalue weighted by atomic mass is 79.9. The molecule has 29 heavy (non-hydrogen) atoms. The second-order valence-corrected chi connectivity index (χ2v) is 7.43. The number of carbonyl (C=O) groups is 1. The molecule has 0 spiro atoms. The molecule has 1 heterocycles. The maximum absolute atomic E-state index is 13.4. The van der Waals surface area contributed by atoms with Gasteiger partial charge in [-0.3, -0.25) is 4.79 Å². The summed E-state index contributed by atoms with van der Waals surface area (Å²) >= 11 is 3.35. The van der Waals surface area contributed by atoms with Crippen molar-refractivity contribution in [2.75, 3.05) is 0 Å². The molecule has 0 aliphatic rings. The minimum Gasteiger partial charge on any atom is -0.343 e. The number of halogens is 2. The lowest BCUT2D eigenvalue weighted by atomic mass is 10.1. The molecule has 144 valence electrons. The molecule has 4 nitrogen and oxygen atoms in total. The van der Waals surface area contributed by atoms with Gasteiger partial charge in [-0.05, 0) is 69.5 Å². The quantitative estimate of drug-likeness (QED) is 0.323. The van der Waals surface area contributed by atoms with E-state index in [2.05, 4.69) is 31.0 Å². The first-order valence-corrected chi connectivity index (χ1v) is 9.81. The Morgan fingerprint density at radius 1 is 1.07 bits per heavy atom. The van der Waals surface area contributed by atoms with Crippen LogP contribution in [0.3, 0.4) is 0 Å². The molecule has 0 atom stereocenters. The van der Waals surface area contributed by atoms with Crippen LogP contribution < -0.4 is 5.43 Å². The number of rotatable bonds is 5. The number of nitrogens with one attached hydrogen (secondary N) is 1. The topological polar surface area (TPSA) is 46.4 Å². The predicted octanol–water partition coefficient (Wildman–Crippen LogP) is 5.36. The molecule has 4 aromatic rings. The zero-order chi connectivity index (χ0) is 20.2. The molecule has 0 saturated heterocycles. The van der Waals surface area contributed by atoms with Crippen molar-refractivity contribution in [3.8, 4) is 0 Å². The normalized spacial score (nSPS) is 11.2. The van der Waals surface area contributed by atoms with Crippen LogP contribution in [0.15, 0.2) is 88.6 Å². The number of aromatic nitrogens is 1. The summed E-state index contributed by atoms with van der Waals surface area (Å²) in [5.41, 5.74) is 5.88. The molecule has 0 saturated carbocycles. The van der Waals surface area contributed by atoms with Gasteiger partial charge in [0.15, 0.2) is 0 Å². The van der Waals surface area contributed by atoms with Gasteiger partial charge < -0.3 is 4.57 Å². The van der Waals surface area contributed by atoms with Crippen LogP contribution in [0.2, 0.25) is 0 Å². The van der Waals surface area contributed by atoms with Crippen molar-refractivity contribution in [3.63, 3.8) is 0 Å². The zero-order valence-corrected chi connectivity index (χ0v) is 16.9. The number of fused-ring (bicyclic) bond motifs is 1. The molecule has 1 N–H and O–H groups in total. The predicted molar refractivity (Wildman–Crippen MR) is 117 cm³/mol. The van der Waals surface area contributed by atoms with E-state index in [1.54, 1.807) is 36.5 Å². The second kappa shape index (κ2) is 8.41. The van der Waals surface area contributed by atoms with Gasteiger partial charge >= 0.3 is 0 Å². The van der Waals surface area contributed by atoms with Gasteiger partial charge in [0.2, 0.25) is 0 Å². The van der Waals surface area contributed by atoms with E-state index in [0.717, 1.165) is 22.0 Å². The SMILES string of the molecule is O=C(N/N=C/c1ccc2c(ccn2Cc2cccc(F)c2)c1)c1ccccc1Br. The Morgan fingerprint density at radius 3 is 2.76 bits per heavy atom. The van der Waals surface area contributed by atoms with Gasteiger partial charge in [-0.25, -0.2) is 9.82 Å². The van der Waals surface area contributed by atoms with Crippen molar-refractivity contribution in [1.82, 2.24) is 9.99 Å². The van der Waals surface area contributed by atoms with Crippen LogP contribution in [-0.4, -0.2) is 16.7 Å².